The first-order valence-electron chi connectivity index (χ1n) is 6.77. The van der Waals surface area contributed by atoms with Crippen LogP contribution in [0, 0.1) is 5.92 Å². The van der Waals surface area contributed by atoms with E-state index in [1.807, 2.05) is 18.3 Å². The molecule has 1 heterocycles. The van der Waals surface area contributed by atoms with Gasteiger partial charge in [0.25, 0.3) is 0 Å². The molecule has 0 saturated heterocycles. The summed E-state index contributed by atoms with van der Waals surface area (Å²) >= 11 is 0. The lowest BCUT2D eigenvalue weighted by Gasteiger charge is -2.22. The minimum Gasteiger partial charge on any atom is -0.383 e. The third kappa shape index (κ3) is 3.52. The lowest BCUT2D eigenvalue weighted by atomic mass is 10.0. The molecule has 0 aliphatic carbocycles. The minimum atomic E-state index is 0.372. The normalized spacial score (nSPS) is 13.1. The molecule has 1 aromatic carbocycles. The molecule has 3 nitrogen and oxygen atoms in total. The van der Waals surface area contributed by atoms with Crippen molar-refractivity contribution in [3.8, 4) is 0 Å². The van der Waals surface area contributed by atoms with Gasteiger partial charge in [0.15, 0.2) is 0 Å². The van der Waals surface area contributed by atoms with Gasteiger partial charge in [-0.3, -0.25) is 4.98 Å². The average molecular weight is 258 g/mol. The zero-order valence-corrected chi connectivity index (χ0v) is 11.9. The molecule has 1 atom stereocenters. The molecule has 0 radical (unpaired) electrons. The Morgan fingerprint density at radius 3 is 2.74 bits per heavy atom. The molecule has 0 saturated carbocycles. The highest BCUT2D eigenvalue weighted by molar-refractivity contribution is 5.81. The molecular formula is C16H22N2O. The van der Waals surface area contributed by atoms with Crippen LogP contribution < -0.4 is 5.32 Å². The van der Waals surface area contributed by atoms with Crippen molar-refractivity contribution in [1.29, 1.82) is 0 Å². The number of hydrogen-bond donors (Lipinski definition) is 1. The van der Waals surface area contributed by atoms with Crippen LogP contribution in [0.25, 0.3) is 10.9 Å². The average Bonchev–Trinajstić information content (AvgIpc) is 2.43. The molecule has 0 bridgehead atoms. The molecule has 3 heteroatoms. The molecular weight excluding hydrogens is 236 g/mol. The SMILES string of the molecule is COCC(NCc1ccnc2ccccc12)C(C)C. The Bertz CT molecular complexity index is 520. The van der Waals surface area contributed by atoms with Crippen molar-refractivity contribution < 1.29 is 4.74 Å². The van der Waals surface area contributed by atoms with Crippen LogP contribution in [0.2, 0.25) is 0 Å². The van der Waals surface area contributed by atoms with E-state index in [1.54, 1.807) is 7.11 Å². The third-order valence-electron chi connectivity index (χ3n) is 3.45. The molecule has 0 spiro atoms. The first-order valence-corrected chi connectivity index (χ1v) is 6.77. The fraction of sp³-hybridized carbons (Fsp3) is 0.438. The summed E-state index contributed by atoms with van der Waals surface area (Å²) in [4.78, 5) is 4.39. The zero-order chi connectivity index (χ0) is 13.7. The molecule has 102 valence electrons. The van der Waals surface area contributed by atoms with E-state index in [0.717, 1.165) is 18.7 Å². The lowest BCUT2D eigenvalue weighted by molar-refractivity contribution is 0.146. The second kappa shape index (κ2) is 6.64. The van der Waals surface area contributed by atoms with E-state index < -0.39 is 0 Å². The maximum atomic E-state index is 5.27. The van der Waals surface area contributed by atoms with Gasteiger partial charge < -0.3 is 10.1 Å². The summed E-state index contributed by atoms with van der Waals surface area (Å²) in [6, 6.07) is 10.7. The number of rotatable bonds is 6. The number of ether oxygens (including phenoxy) is 1. The largest absolute Gasteiger partial charge is 0.383 e. The number of nitrogens with zero attached hydrogens (tertiary/aromatic N) is 1. The number of methoxy groups -OCH3 is 1. The molecule has 0 aliphatic rings. The quantitative estimate of drug-likeness (QED) is 0.865. The molecule has 2 aromatic rings. The maximum absolute atomic E-state index is 5.27. The van der Waals surface area contributed by atoms with Crippen molar-refractivity contribution in [3.63, 3.8) is 0 Å². The highest BCUT2D eigenvalue weighted by atomic mass is 16.5. The van der Waals surface area contributed by atoms with Gasteiger partial charge in [-0.05, 0) is 23.6 Å². The van der Waals surface area contributed by atoms with Crippen LogP contribution in [0.4, 0.5) is 0 Å². The number of nitrogens with one attached hydrogen (secondary N) is 1. The monoisotopic (exact) mass is 258 g/mol. The molecule has 1 aromatic heterocycles. The fourth-order valence-electron chi connectivity index (χ4n) is 2.22. The van der Waals surface area contributed by atoms with Crippen LogP contribution in [0.3, 0.4) is 0 Å². The molecule has 19 heavy (non-hydrogen) atoms. The Labute approximate surface area is 115 Å². The predicted octanol–water partition coefficient (Wildman–Crippen LogP) is 3.00. The van der Waals surface area contributed by atoms with Gasteiger partial charge in [-0.2, -0.15) is 0 Å². The number of pyridine rings is 1. The van der Waals surface area contributed by atoms with E-state index in [4.69, 9.17) is 4.74 Å². The van der Waals surface area contributed by atoms with Crippen LogP contribution in [0.5, 0.6) is 0 Å². The zero-order valence-electron chi connectivity index (χ0n) is 11.9. The van der Waals surface area contributed by atoms with Gasteiger partial charge in [0.1, 0.15) is 0 Å². The number of para-hydroxylation sites is 1. The van der Waals surface area contributed by atoms with Crippen molar-refractivity contribution in [1.82, 2.24) is 10.3 Å². The summed E-state index contributed by atoms with van der Waals surface area (Å²) in [5.41, 5.74) is 2.34. The first kappa shape index (κ1) is 14.0. The van der Waals surface area contributed by atoms with Crippen molar-refractivity contribution in [3.05, 3.63) is 42.1 Å². The van der Waals surface area contributed by atoms with Gasteiger partial charge in [0.2, 0.25) is 0 Å². The molecule has 2 rings (SSSR count). The second-order valence-corrected chi connectivity index (χ2v) is 5.17. The molecule has 0 amide bonds. The summed E-state index contributed by atoms with van der Waals surface area (Å²) in [5.74, 6) is 0.549. The van der Waals surface area contributed by atoms with E-state index in [0.29, 0.717) is 12.0 Å². The predicted molar refractivity (Wildman–Crippen MR) is 79.1 cm³/mol. The van der Waals surface area contributed by atoms with Crippen LogP contribution >= 0.6 is 0 Å². The first-order chi connectivity index (χ1) is 9.22. The topological polar surface area (TPSA) is 34.1 Å². The summed E-state index contributed by atoms with van der Waals surface area (Å²) in [6.07, 6.45) is 1.88. The van der Waals surface area contributed by atoms with Gasteiger partial charge in [-0.1, -0.05) is 32.0 Å². The van der Waals surface area contributed by atoms with Crippen LogP contribution in [-0.4, -0.2) is 24.7 Å². The van der Waals surface area contributed by atoms with Gasteiger partial charge in [0, 0.05) is 31.3 Å². The minimum absolute atomic E-state index is 0.372. The Kier molecular flexibility index (Phi) is 4.88. The van der Waals surface area contributed by atoms with E-state index >= 15 is 0 Å². The van der Waals surface area contributed by atoms with Crippen LogP contribution in [-0.2, 0) is 11.3 Å². The van der Waals surface area contributed by atoms with Gasteiger partial charge in [-0.15, -0.1) is 0 Å². The number of hydrogen-bond acceptors (Lipinski definition) is 3. The van der Waals surface area contributed by atoms with Crippen molar-refractivity contribution >= 4 is 10.9 Å². The highest BCUT2D eigenvalue weighted by Crippen LogP contribution is 2.16. The van der Waals surface area contributed by atoms with E-state index in [2.05, 4.69) is 42.3 Å². The van der Waals surface area contributed by atoms with Crippen LogP contribution in [0.15, 0.2) is 36.5 Å². The number of benzene rings is 1. The lowest BCUT2D eigenvalue weighted by Crippen LogP contribution is -2.37. The number of aromatic nitrogens is 1. The Hall–Kier alpha value is -1.45. The Balaban J connectivity index is 2.13. The van der Waals surface area contributed by atoms with Crippen molar-refractivity contribution in [2.45, 2.75) is 26.4 Å². The Morgan fingerprint density at radius 1 is 1.21 bits per heavy atom. The fourth-order valence-corrected chi connectivity index (χ4v) is 2.22. The summed E-state index contributed by atoms with van der Waals surface area (Å²) in [7, 11) is 1.75. The summed E-state index contributed by atoms with van der Waals surface area (Å²) in [6.45, 7) is 6.00. The second-order valence-electron chi connectivity index (χ2n) is 5.17. The van der Waals surface area contributed by atoms with Crippen LogP contribution in [0.1, 0.15) is 19.4 Å². The molecule has 0 fully saturated rings. The van der Waals surface area contributed by atoms with E-state index in [9.17, 15) is 0 Å². The van der Waals surface area contributed by atoms with Gasteiger partial charge in [0.05, 0.1) is 12.1 Å². The Morgan fingerprint density at radius 2 is 2.00 bits per heavy atom. The third-order valence-corrected chi connectivity index (χ3v) is 3.45. The molecule has 0 aliphatic heterocycles. The molecule has 1 N–H and O–H groups in total. The van der Waals surface area contributed by atoms with Crippen molar-refractivity contribution in [2.24, 2.45) is 5.92 Å². The highest BCUT2D eigenvalue weighted by Gasteiger charge is 2.12. The standard InChI is InChI=1S/C16H22N2O/c1-12(2)16(11-19-3)18-10-13-8-9-17-15-7-5-4-6-14(13)15/h4-9,12,16,18H,10-11H2,1-3H3. The summed E-state index contributed by atoms with van der Waals surface area (Å²) < 4.78 is 5.27. The van der Waals surface area contributed by atoms with Gasteiger partial charge in [-0.25, -0.2) is 0 Å². The maximum Gasteiger partial charge on any atom is 0.0705 e. The summed E-state index contributed by atoms with van der Waals surface area (Å²) in [5, 5.41) is 4.80. The van der Waals surface area contributed by atoms with Crippen molar-refractivity contribution in [2.75, 3.05) is 13.7 Å². The molecule has 1 unspecified atom stereocenters. The smallest absolute Gasteiger partial charge is 0.0705 e. The van der Waals surface area contributed by atoms with Gasteiger partial charge >= 0.3 is 0 Å². The van der Waals surface area contributed by atoms with E-state index in [1.165, 1.54) is 10.9 Å². The van der Waals surface area contributed by atoms with E-state index in [-0.39, 0.29) is 0 Å². The number of fused-ring (bicyclic) bond motifs is 1.